The first-order valence-electron chi connectivity index (χ1n) is 5.80. The molecule has 0 aromatic carbocycles. The molecule has 0 spiro atoms. The van der Waals surface area contributed by atoms with Gasteiger partial charge in [0.2, 0.25) is 5.78 Å². The molecule has 2 aromatic heterocycles. The molecule has 3 rings (SSSR count). The predicted molar refractivity (Wildman–Crippen MR) is 66.6 cm³/mol. The van der Waals surface area contributed by atoms with E-state index < -0.39 is 11.9 Å². The molecule has 98 valence electrons. The number of carboxylic acids is 1. The van der Waals surface area contributed by atoms with Crippen LogP contribution in [0.5, 0.6) is 0 Å². The minimum Gasteiger partial charge on any atom is -0.481 e. The molecule has 0 saturated heterocycles. The Morgan fingerprint density at radius 2 is 2.11 bits per heavy atom. The molecule has 0 amide bonds. The van der Waals surface area contributed by atoms with E-state index in [4.69, 9.17) is 21.1 Å². The zero-order chi connectivity index (χ0) is 13.6. The monoisotopic (exact) mass is 279 g/mol. The van der Waals surface area contributed by atoms with Crippen molar-refractivity contribution in [3.63, 3.8) is 0 Å². The molecule has 1 aliphatic heterocycles. The van der Waals surface area contributed by atoms with Crippen molar-refractivity contribution in [2.45, 2.75) is 18.9 Å². The lowest BCUT2D eigenvalue weighted by Crippen LogP contribution is -2.09. The molecule has 0 saturated carbocycles. The summed E-state index contributed by atoms with van der Waals surface area (Å²) in [6.07, 6.45) is 0.505. The summed E-state index contributed by atoms with van der Waals surface area (Å²) in [4.78, 5) is 23.3. The van der Waals surface area contributed by atoms with Gasteiger partial charge in [-0.2, -0.15) is 0 Å². The predicted octanol–water partition coefficient (Wildman–Crippen LogP) is 2.54. The van der Waals surface area contributed by atoms with Crippen LogP contribution in [0.1, 0.15) is 34.3 Å². The molecule has 1 atom stereocenters. The molecule has 5 nitrogen and oxygen atoms in total. The minimum absolute atomic E-state index is 0.153. The van der Waals surface area contributed by atoms with E-state index in [1.54, 1.807) is 16.7 Å². The lowest BCUT2D eigenvalue weighted by molar-refractivity contribution is -0.138. The zero-order valence-corrected chi connectivity index (χ0v) is 10.6. The quantitative estimate of drug-likeness (QED) is 0.876. The first-order valence-corrected chi connectivity index (χ1v) is 6.18. The number of aliphatic carboxylic acids is 1. The average molecular weight is 280 g/mol. The number of ketones is 1. The first-order chi connectivity index (χ1) is 9.08. The topological polar surface area (TPSA) is 72.4 Å². The van der Waals surface area contributed by atoms with Crippen molar-refractivity contribution in [1.29, 1.82) is 0 Å². The number of halogens is 1. The molecule has 0 aliphatic carbocycles. The Balaban J connectivity index is 1.98. The van der Waals surface area contributed by atoms with E-state index in [9.17, 15) is 9.59 Å². The van der Waals surface area contributed by atoms with Gasteiger partial charge < -0.3 is 14.1 Å². The summed E-state index contributed by atoms with van der Waals surface area (Å²) in [5.41, 5.74) is 1.10. The van der Waals surface area contributed by atoms with Gasteiger partial charge >= 0.3 is 5.97 Å². The van der Waals surface area contributed by atoms with Gasteiger partial charge in [0, 0.05) is 12.2 Å². The molecule has 1 N–H and O–H groups in total. The smallest absolute Gasteiger partial charge is 0.312 e. The van der Waals surface area contributed by atoms with E-state index in [-0.39, 0.29) is 16.8 Å². The highest BCUT2D eigenvalue weighted by molar-refractivity contribution is 6.29. The number of rotatable bonds is 3. The molecule has 1 unspecified atom stereocenters. The highest BCUT2D eigenvalue weighted by atomic mass is 35.5. The van der Waals surface area contributed by atoms with Crippen LogP contribution in [0.3, 0.4) is 0 Å². The van der Waals surface area contributed by atoms with Crippen LogP contribution in [0.15, 0.2) is 28.7 Å². The summed E-state index contributed by atoms with van der Waals surface area (Å²) in [7, 11) is 0. The lowest BCUT2D eigenvalue weighted by Gasteiger charge is -2.03. The van der Waals surface area contributed by atoms with Gasteiger partial charge in [0.1, 0.15) is 0 Å². The standard InChI is InChI=1S/C13H10ClNO4/c14-11-4-3-10(19-11)12(16)9-2-1-8-7(13(17)18)5-6-15(8)9/h1-4,7H,5-6H2,(H,17,18). The third-order valence-electron chi connectivity index (χ3n) is 3.34. The fraction of sp³-hybridized carbons (Fsp3) is 0.231. The van der Waals surface area contributed by atoms with Crippen LogP contribution in [0.2, 0.25) is 5.22 Å². The summed E-state index contributed by atoms with van der Waals surface area (Å²) in [5, 5.41) is 9.25. The van der Waals surface area contributed by atoms with Gasteiger partial charge in [-0.15, -0.1) is 0 Å². The Hall–Kier alpha value is -2.01. The second-order valence-corrected chi connectivity index (χ2v) is 4.78. The number of furan rings is 1. The number of carboxylic acid groups (broad SMARTS) is 1. The third-order valence-corrected chi connectivity index (χ3v) is 3.54. The van der Waals surface area contributed by atoms with Crippen molar-refractivity contribution < 1.29 is 19.1 Å². The molecule has 0 radical (unpaired) electrons. The third kappa shape index (κ3) is 1.86. The van der Waals surface area contributed by atoms with Gasteiger partial charge in [0.25, 0.3) is 0 Å². The number of hydrogen-bond acceptors (Lipinski definition) is 3. The van der Waals surface area contributed by atoms with Crippen molar-refractivity contribution in [2.75, 3.05) is 0 Å². The van der Waals surface area contributed by atoms with Crippen molar-refractivity contribution in [3.05, 3.63) is 46.6 Å². The van der Waals surface area contributed by atoms with Crippen LogP contribution < -0.4 is 0 Å². The molecular formula is C13H10ClNO4. The number of carbonyl (C=O) groups is 2. The van der Waals surface area contributed by atoms with Crippen molar-refractivity contribution >= 4 is 23.4 Å². The largest absolute Gasteiger partial charge is 0.481 e. The number of nitrogens with zero attached hydrogens (tertiary/aromatic N) is 1. The molecule has 0 fully saturated rings. The summed E-state index contributed by atoms with van der Waals surface area (Å²) in [6.45, 7) is 0.523. The number of hydrogen-bond donors (Lipinski definition) is 1. The Kier molecular flexibility index (Phi) is 2.71. The molecule has 3 heterocycles. The van der Waals surface area contributed by atoms with Crippen LogP contribution in [-0.4, -0.2) is 21.4 Å². The van der Waals surface area contributed by atoms with Crippen molar-refractivity contribution in [2.24, 2.45) is 0 Å². The van der Waals surface area contributed by atoms with Crippen LogP contribution in [0.25, 0.3) is 0 Å². The molecular weight excluding hydrogens is 270 g/mol. The average Bonchev–Trinajstić information content (AvgIpc) is 3.01. The van der Waals surface area contributed by atoms with Gasteiger partial charge in [0.05, 0.1) is 11.6 Å². The van der Waals surface area contributed by atoms with E-state index >= 15 is 0 Å². The fourth-order valence-electron chi connectivity index (χ4n) is 2.45. The number of carbonyl (C=O) groups excluding carboxylic acids is 1. The second kappa shape index (κ2) is 4.28. The Labute approximate surface area is 113 Å². The van der Waals surface area contributed by atoms with Crippen LogP contribution in [0.4, 0.5) is 0 Å². The summed E-state index contributed by atoms with van der Waals surface area (Å²) in [5.74, 6) is -1.53. The summed E-state index contributed by atoms with van der Waals surface area (Å²) in [6, 6.07) is 6.32. The Morgan fingerprint density at radius 1 is 1.32 bits per heavy atom. The number of aromatic nitrogens is 1. The number of fused-ring (bicyclic) bond motifs is 1. The minimum atomic E-state index is -0.864. The zero-order valence-electron chi connectivity index (χ0n) is 9.80. The maximum atomic E-state index is 12.2. The molecule has 19 heavy (non-hydrogen) atoms. The first kappa shape index (κ1) is 12.0. The molecule has 6 heteroatoms. The van der Waals surface area contributed by atoms with E-state index in [1.807, 2.05) is 0 Å². The fourth-order valence-corrected chi connectivity index (χ4v) is 2.60. The summed E-state index contributed by atoms with van der Waals surface area (Å²) >= 11 is 5.64. The van der Waals surface area contributed by atoms with Crippen LogP contribution in [-0.2, 0) is 11.3 Å². The van der Waals surface area contributed by atoms with Gasteiger partial charge in [-0.25, -0.2) is 0 Å². The molecule has 2 aromatic rings. The van der Waals surface area contributed by atoms with Crippen molar-refractivity contribution in [1.82, 2.24) is 4.57 Å². The lowest BCUT2D eigenvalue weighted by atomic mass is 10.1. The van der Waals surface area contributed by atoms with E-state index in [0.717, 1.165) is 0 Å². The van der Waals surface area contributed by atoms with E-state index in [0.29, 0.717) is 24.4 Å². The maximum Gasteiger partial charge on any atom is 0.312 e. The van der Waals surface area contributed by atoms with Gasteiger partial charge in [0.15, 0.2) is 11.0 Å². The van der Waals surface area contributed by atoms with Gasteiger partial charge in [-0.3, -0.25) is 9.59 Å². The highest BCUT2D eigenvalue weighted by Gasteiger charge is 2.32. The Morgan fingerprint density at radius 3 is 2.74 bits per heavy atom. The highest BCUT2D eigenvalue weighted by Crippen LogP contribution is 2.31. The molecule has 0 bridgehead atoms. The Bertz CT molecular complexity index is 670. The van der Waals surface area contributed by atoms with Gasteiger partial charge in [-0.05, 0) is 42.3 Å². The summed E-state index contributed by atoms with van der Waals surface area (Å²) < 4.78 is 6.82. The maximum absolute atomic E-state index is 12.2. The van der Waals surface area contributed by atoms with Crippen LogP contribution in [0, 0.1) is 0 Å². The molecule has 1 aliphatic rings. The SMILES string of the molecule is O=C(c1ccc(Cl)o1)c1ccc2n1CCC2C(=O)O. The van der Waals surface area contributed by atoms with E-state index in [1.165, 1.54) is 12.1 Å². The van der Waals surface area contributed by atoms with Crippen LogP contribution >= 0.6 is 11.6 Å². The van der Waals surface area contributed by atoms with Gasteiger partial charge in [-0.1, -0.05) is 0 Å². The normalized spacial score (nSPS) is 17.4. The second-order valence-electron chi connectivity index (χ2n) is 4.41. The van der Waals surface area contributed by atoms with E-state index in [2.05, 4.69) is 0 Å². The van der Waals surface area contributed by atoms with Crippen molar-refractivity contribution in [3.8, 4) is 0 Å².